The third-order valence-electron chi connectivity index (χ3n) is 3.43. The van der Waals surface area contributed by atoms with E-state index in [2.05, 4.69) is 41.9 Å². The molecule has 0 aromatic heterocycles. The molecule has 2 aromatic carbocycles. The first-order chi connectivity index (χ1) is 9.49. The fourth-order valence-corrected chi connectivity index (χ4v) is 2.60. The van der Waals surface area contributed by atoms with Crippen LogP contribution >= 0.6 is 15.9 Å². The molecule has 0 saturated heterocycles. The summed E-state index contributed by atoms with van der Waals surface area (Å²) in [5.41, 5.74) is 9.66. The largest absolute Gasteiger partial charge is 0.484 e. The van der Waals surface area contributed by atoms with Crippen LogP contribution in [0.1, 0.15) is 29.7 Å². The van der Waals surface area contributed by atoms with Crippen molar-refractivity contribution in [1.82, 2.24) is 0 Å². The van der Waals surface area contributed by atoms with Crippen molar-refractivity contribution in [2.24, 2.45) is 5.73 Å². The minimum absolute atomic E-state index is 0.102. The van der Waals surface area contributed by atoms with Crippen LogP contribution in [0.4, 0.5) is 0 Å². The van der Waals surface area contributed by atoms with Crippen LogP contribution in [-0.4, -0.2) is 6.04 Å². The molecule has 0 spiro atoms. The van der Waals surface area contributed by atoms with Crippen molar-refractivity contribution in [2.45, 2.75) is 32.9 Å². The van der Waals surface area contributed by atoms with Crippen molar-refractivity contribution in [3.05, 3.63) is 63.6 Å². The van der Waals surface area contributed by atoms with E-state index in [1.807, 2.05) is 37.3 Å². The minimum atomic E-state index is -0.173. The number of hydrogen-bond donors (Lipinski definition) is 1. The Balaban J connectivity index is 2.31. The maximum absolute atomic E-state index is 6.12. The quantitative estimate of drug-likeness (QED) is 0.891. The zero-order valence-electron chi connectivity index (χ0n) is 12.1. The molecule has 0 saturated carbocycles. The number of benzene rings is 2. The molecule has 106 valence electrons. The molecular formula is C17H20BrNO. The van der Waals surface area contributed by atoms with Crippen molar-refractivity contribution in [3.8, 4) is 5.75 Å². The van der Waals surface area contributed by atoms with E-state index in [4.69, 9.17) is 10.5 Å². The number of nitrogens with two attached hydrogens (primary N) is 1. The second kappa shape index (κ2) is 6.42. The number of ether oxygens (including phenoxy) is 1. The maximum atomic E-state index is 6.12. The van der Waals surface area contributed by atoms with Gasteiger partial charge in [0.2, 0.25) is 0 Å². The molecule has 0 aliphatic rings. The zero-order valence-corrected chi connectivity index (χ0v) is 13.6. The fourth-order valence-electron chi connectivity index (χ4n) is 2.09. The highest BCUT2D eigenvalue weighted by molar-refractivity contribution is 9.10. The van der Waals surface area contributed by atoms with E-state index >= 15 is 0 Å². The Morgan fingerprint density at radius 3 is 2.35 bits per heavy atom. The second-order valence-corrected chi connectivity index (χ2v) is 6.02. The van der Waals surface area contributed by atoms with Gasteiger partial charge in [0.05, 0.1) is 0 Å². The zero-order chi connectivity index (χ0) is 14.7. The lowest BCUT2D eigenvalue weighted by molar-refractivity contribution is 0.179. The first-order valence-electron chi connectivity index (χ1n) is 6.73. The molecule has 2 rings (SSSR count). The van der Waals surface area contributed by atoms with Crippen molar-refractivity contribution in [1.29, 1.82) is 0 Å². The average Bonchev–Trinajstić information content (AvgIpc) is 2.41. The van der Waals surface area contributed by atoms with E-state index in [1.165, 1.54) is 11.1 Å². The normalized spacial score (nSPS) is 13.8. The lowest BCUT2D eigenvalue weighted by Crippen LogP contribution is -2.29. The summed E-state index contributed by atoms with van der Waals surface area (Å²) in [6.07, 6.45) is -0.173. The van der Waals surface area contributed by atoms with Crippen LogP contribution in [0, 0.1) is 13.8 Å². The molecule has 0 radical (unpaired) electrons. The lowest BCUT2D eigenvalue weighted by Gasteiger charge is -2.24. The van der Waals surface area contributed by atoms with Crippen LogP contribution in [0.3, 0.4) is 0 Å². The van der Waals surface area contributed by atoms with Gasteiger partial charge < -0.3 is 10.5 Å². The molecule has 20 heavy (non-hydrogen) atoms. The Bertz CT molecular complexity index is 595. The highest BCUT2D eigenvalue weighted by Crippen LogP contribution is 2.30. The van der Waals surface area contributed by atoms with E-state index in [9.17, 15) is 0 Å². The SMILES string of the molecule is Cc1ccc(OC(c2ccccc2Br)C(C)N)cc1C. The van der Waals surface area contributed by atoms with E-state index in [0.29, 0.717) is 0 Å². The van der Waals surface area contributed by atoms with E-state index < -0.39 is 0 Å². The third kappa shape index (κ3) is 3.41. The summed E-state index contributed by atoms with van der Waals surface area (Å²) in [6.45, 7) is 6.14. The fraction of sp³-hybridized carbons (Fsp3) is 0.294. The van der Waals surface area contributed by atoms with Gasteiger partial charge in [0.15, 0.2) is 0 Å². The summed E-state index contributed by atoms with van der Waals surface area (Å²) in [5, 5.41) is 0. The van der Waals surface area contributed by atoms with Gasteiger partial charge in [-0.2, -0.15) is 0 Å². The van der Waals surface area contributed by atoms with E-state index in [-0.39, 0.29) is 12.1 Å². The molecule has 0 aliphatic heterocycles. The van der Waals surface area contributed by atoms with Gasteiger partial charge in [-0.05, 0) is 50.1 Å². The third-order valence-corrected chi connectivity index (χ3v) is 4.15. The van der Waals surface area contributed by atoms with Gasteiger partial charge in [0, 0.05) is 16.1 Å². The monoisotopic (exact) mass is 333 g/mol. The number of aryl methyl sites for hydroxylation is 2. The van der Waals surface area contributed by atoms with Gasteiger partial charge in [0.25, 0.3) is 0 Å². The van der Waals surface area contributed by atoms with Crippen molar-refractivity contribution < 1.29 is 4.74 Å². The van der Waals surface area contributed by atoms with Crippen molar-refractivity contribution >= 4 is 15.9 Å². The first kappa shape index (κ1) is 15.1. The summed E-state index contributed by atoms with van der Waals surface area (Å²) < 4.78 is 7.14. The van der Waals surface area contributed by atoms with Crippen LogP contribution in [0.2, 0.25) is 0 Å². The van der Waals surface area contributed by atoms with Gasteiger partial charge in [0.1, 0.15) is 11.9 Å². The molecular weight excluding hydrogens is 314 g/mol. The topological polar surface area (TPSA) is 35.2 Å². The van der Waals surface area contributed by atoms with Gasteiger partial charge in [-0.3, -0.25) is 0 Å². The van der Waals surface area contributed by atoms with Crippen molar-refractivity contribution in [3.63, 3.8) is 0 Å². The summed E-state index contributed by atoms with van der Waals surface area (Å²) in [5.74, 6) is 0.853. The molecule has 2 N–H and O–H groups in total. The number of halogens is 1. The Hall–Kier alpha value is -1.32. The molecule has 2 nitrogen and oxygen atoms in total. The molecule has 0 fully saturated rings. The average molecular weight is 334 g/mol. The molecule has 3 heteroatoms. The highest BCUT2D eigenvalue weighted by Gasteiger charge is 2.20. The van der Waals surface area contributed by atoms with Gasteiger partial charge in [-0.1, -0.05) is 40.2 Å². The van der Waals surface area contributed by atoms with E-state index in [1.54, 1.807) is 0 Å². The molecule has 2 unspecified atom stereocenters. The molecule has 0 bridgehead atoms. The number of hydrogen-bond acceptors (Lipinski definition) is 2. The molecule has 0 heterocycles. The Labute approximate surface area is 129 Å². The van der Waals surface area contributed by atoms with Gasteiger partial charge in [-0.25, -0.2) is 0 Å². The standard InChI is InChI=1S/C17H20BrNO/c1-11-8-9-14(10-12(11)2)20-17(13(3)19)15-6-4-5-7-16(15)18/h4-10,13,17H,19H2,1-3H3. The van der Waals surface area contributed by atoms with Crippen LogP contribution in [0.5, 0.6) is 5.75 Å². The Morgan fingerprint density at radius 2 is 1.75 bits per heavy atom. The molecule has 2 atom stereocenters. The Kier molecular flexibility index (Phi) is 4.84. The highest BCUT2D eigenvalue weighted by atomic mass is 79.9. The van der Waals surface area contributed by atoms with Gasteiger partial charge >= 0.3 is 0 Å². The predicted molar refractivity (Wildman–Crippen MR) is 87.1 cm³/mol. The van der Waals surface area contributed by atoms with Crippen LogP contribution in [0.15, 0.2) is 46.9 Å². The second-order valence-electron chi connectivity index (χ2n) is 5.17. The first-order valence-corrected chi connectivity index (χ1v) is 7.52. The minimum Gasteiger partial charge on any atom is -0.484 e. The van der Waals surface area contributed by atoms with Crippen LogP contribution in [0.25, 0.3) is 0 Å². The predicted octanol–water partition coefficient (Wildman–Crippen LogP) is 4.53. The molecule has 2 aromatic rings. The Morgan fingerprint density at radius 1 is 1.05 bits per heavy atom. The number of rotatable bonds is 4. The van der Waals surface area contributed by atoms with Crippen LogP contribution in [-0.2, 0) is 0 Å². The summed E-state index contributed by atoms with van der Waals surface area (Å²) >= 11 is 3.57. The van der Waals surface area contributed by atoms with Crippen molar-refractivity contribution in [2.75, 3.05) is 0 Å². The molecule has 0 amide bonds. The van der Waals surface area contributed by atoms with Crippen LogP contribution < -0.4 is 10.5 Å². The maximum Gasteiger partial charge on any atom is 0.140 e. The summed E-state index contributed by atoms with van der Waals surface area (Å²) in [6, 6.07) is 14.1. The van der Waals surface area contributed by atoms with E-state index in [0.717, 1.165) is 15.8 Å². The molecule has 0 aliphatic carbocycles. The van der Waals surface area contributed by atoms with Gasteiger partial charge in [-0.15, -0.1) is 0 Å². The lowest BCUT2D eigenvalue weighted by atomic mass is 10.0. The summed E-state index contributed by atoms with van der Waals surface area (Å²) in [7, 11) is 0. The smallest absolute Gasteiger partial charge is 0.140 e. The summed E-state index contributed by atoms with van der Waals surface area (Å²) in [4.78, 5) is 0.